The molecule has 0 radical (unpaired) electrons. The van der Waals surface area contributed by atoms with Crippen molar-refractivity contribution in [2.45, 2.75) is 6.67 Å². The lowest BCUT2D eigenvalue weighted by Crippen LogP contribution is -2.38. The van der Waals surface area contributed by atoms with Gasteiger partial charge in [0.1, 0.15) is 5.52 Å². The number of aryl methyl sites for hydroxylation is 1. The molecule has 28 heavy (non-hydrogen) atoms. The normalized spacial score (nSPS) is 15.8. The van der Waals surface area contributed by atoms with Crippen molar-refractivity contribution in [3.05, 3.63) is 45.1 Å². The summed E-state index contributed by atoms with van der Waals surface area (Å²) in [6.07, 6.45) is 0. The van der Waals surface area contributed by atoms with Crippen LogP contribution in [-0.2, 0) is 25.5 Å². The van der Waals surface area contributed by atoms with E-state index in [9.17, 15) is 9.59 Å². The minimum absolute atomic E-state index is 0.200. The van der Waals surface area contributed by atoms with E-state index in [2.05, 4.69) is 14.5 Å². The van der Waals surface area contributed by atoms with Gasteiger partial charge in [-0.05, 0) is 6.07 Å². The molecule has 3 aromatic heterocycles. The standard InChI is InChI=1S/C19H20N6O3/c1-22-16-15(18(26)23(2)19(22)27)20-14-12-5-3-4-6-13(12)25(17(14)21-16)11-24-7-9-28-10-8-24/h3-6H,7-11H2,1-2H3. The summed E-state index contributed by atoms with van der Waals surface area (Å²) in [6.45, 7) is 3.74. The number of ether oxygens (including phenoxy) is 1. The highest BCUT2D eigenvalue weighted by atomic mass is 16.5. The summed E-state index contributed by atoms with van der Waals surface area (Å²) in [6, 6.07) is 7.94. The molecule has 4 heterocycles. The summed E-state index contributed by atoms with van der Waals surface area (Å²) in [5.74, 6) is 0. The van der Waals surface area contributed by atoms with Crippen LogP contribution in [0.5, 0.6) is 0 Å². The Balaban J connectivity index is 1.86. The first-order chi connectivity index (χ1) is 13.6. The molecule has 144 valence electrons. The van der Waals surface area contributed by atoms with E-state index in [0.29, 0.717) is 36.7 Å². The maximum absolute atomic E-state index is 12.6. The van der Waals surface area contributed by atoms with Crippen molar-refractivity contribution in [1.29, 1.82) is 0 Å². The first-order valence-corrected chi connectivity index (χ1v) is 9.21. The highest BCUT2D eigenvalue weighted by Gasteiger charge is 2.20. The van der Waals surface area contributed by atoms with Crippen molar-refractivity contribution in [3.63, 3.8) is 0 Å². The Morgan fingerprint density at radius 3 is 2.50 bits per heavy atom. The van der Waals surface area contributed by atoms with Gasteiger partial charge in [-0.15, -0.1) is 0 Å². The van der Waals surface area contributed by atoms with Crippen molar-refractivity contribution in [2.75, 3.05) is 26.3 Å². The number of morpholine rings is 1. The number of para-hydroxylation sites is 1. The van der Waals surface area contributed by atoms with Crippen LogP contribution in [0.4, 0.5) is 0 Å². The maximum atomic E-state index is 12.6. The quantitative estimate of drug-likeness (QED) is 0.501. The number of nitrogens with zero attached hydrogens (tertiary/aromatic N) is 6. The van der Waals surface area contributed by atoms with Crippen molar-refractivity contribution in [1.82, 2.24) is 28.6 Å². The molecule has 9 heteroatoms. The number of rotatable bonds is 2. The van der Waals surface area contributed by atoms with Gasteiger partial charge in [0.2, 0.25) is 0 Å². The predicted molar refractivity (Wildman–Crippen MR) is 105 cm³/mol. The van der Waals surface area contributed by atoms with Crippen LogP contribution in [-0.4, -0.2) is 54.9 Å². The van der Waals surface area contributed by atoms with Gasteiger partial charge in [-0.1, -0.05) is 18.2 Å². The zero-order chi connectivity index (χ0) is 19.4. The van der Waals surface area contributed by atoms with Gasteiger partial charge >= 0.3 is 5.69 Å². The molecule has 5 rings (SSSR count). The van der Waals surface area contributed by atoms with Crippen LogP contribution in [0.25, 0.3) is 33.2 Å². The van der Waals surface area contributed by atoms with Crippen LogP contribution in [0, 0.1) is 0 Å². The molecule has 0 saturated carbocycles. The lowest BCUT2D eigenvalue weighted by Gasteiger charge is -2.27. The van der Waals surface area contributed by atoms with E-state index >= 15 is 0 Å². The Labute approximate surface area is 159 Å². The van der Waals surface area contributed by atoms with Gasteiger partial charge in [0.05, 0.1) is 25.4 Å². The molecule has 0 spiro atoms. The van der Waals surface area contributed by atoms with Gasteiger partial charge in [-0.3, -0.25) is 18.8 Å². The number of aromatic nitrogens is 5. The smallest absolute Gasteiger partial charge is 0.332 e. The second kappa shape index (κ2) is 6.25. The molecule has 0 aliphatic carbocycles. The number of hydrogen-bond donors (Lipinski definition) is 0. The molecule has 0 N–H and O–H groups in total. The van der Waals surface area contributed by atoms with E-state index < -0.39 is 11.2 Å². The Hall–Kier alpha value is -3.04. The third-order valence-electron chi connectivity index (χ3n) is 5.41. The van der Waals surface area contributed by atoms with Crippen molar-refractivity contribution in [2.24, 2.45) is 14.1 Å². The minimum Gasteiger partial charge on any atom is -0.379 e. The Bertz CT molecular complexity index is 1340. The average Bonchev–Trinajstić information content (AvgIpc) is 3.03. The molecule has 1 aliphatic rings. The van der Waals surface area contributed by atoms with Crippen molar-refractivity contribution >= 4 is 33.2 Å². The van der Waals surface area contributed by atoms with E-state index in [0.717, 1.165) is 28.6 Å². The van der Waals surface area contributed by atoms with Gasteiger partial charge in [0, 0.05) is 32.6 Å². The third kappa shape index (κ3) is 2.40. The van der Waals surface area contributed by atoms with Crippen molar-refractivity contribution in [3.8, 4) is 0 Å². The van der Waals surface area contributed by atoms with Gasteiger partial charge in [0.15, 0.2) is 16.8 Å². The lowest BCUT2D eigenvalue weighted by molar-refractivity contribution is 0.0247. The fourth-order valence-electron chi connectivity index (χ4n) is 3.83. The van der Waals surface area contributed by atoms with Crippen molar-refractivity contribution < 1.29 is 4.74 Å². The first kappa shape index (κ1) is 17.1. The minimum atomic E-state index is -0.433. The highest BCUT2D eigenvalue weighted by molar-refractivity contribution is 6.06. The molecule has 0 unspecified atom stereocenters. The van der Waals surface area contributed by atoms with Gasteiger partial charge in [-0.25, -0.2) is 14.8 Å². The average molecular weight is 380 g/mol. The topological polar surface area (TPSA) is 87.2 Å². The molecule has 4 aromatic rings. The summed E-state index contributed by atoms with van der Waals surface area (Å²) in [4.78, 5) is 36.7. The summed E-state index contributed by atoms with van der Waals surface area (Å²) in [5, 5.41) is 0.941. The highest BCUT2D eigenvalue weighted by Crippen LogP contribution is 2.27. The molecular formula is C19H20N6O3. The fraction of sp³-hybridized carbons (Fsp3) is 0.368. The molecule has 1 aliphatic heterocycles. The Kier molecular flexibility index (Phi) is 3.81. The summed E-state index contributed by atoms with van der Waals surface area (Å²) >= 11 is 0. The number of fused-ring (bicyclic) bond motifs is 4. The number of benzene rings is 1. The molecular weight excluding hydrogens is 360 g/mol. The van der Waals surface area contributed by atoms with E-state index in [4.69, 9.17) is 9.72 Å². The third-order valence-corrected chi connectivity index (χ3v) is 5.41. The van der Waals surface area contributed by atoms with E-state index in [1.807, 2.05) is 24.3 Å². The van der Waals surface area contributed by atoms with Crippen LogP contribution < -0.4 is 11.2 Å². The largest absolute Gasteiger partial charge is 0.379 e. The second-order valence-corrected chi connectivity index (χ2v) is 7.09. The Morgan fingerprint density at radius 1 is 0.964 bits per heavy atom. The van der Waals surface area contributed by atoms with Crippen LogP contribution in [0.15, 0.2) is 33.9 Å². The zero-order valence-corrected chi connectivity index (χ0v) is 15.8. The monoisotopic (exact) mass is 380 g/mol. The van der Waals surface area contributed by atoms with E-state index in [1.165, 1.54) is 11.6 Å². The van der Waals surface area contributed by atoms with Gasteiger partial charge in [0.25, 0.3) is 5.56 Å². The molecule has 0 amide bonds. The summed E-state index contributed by atoms with van der Waals surface area (Å²) in [7, 11) is 3.07. The van der Waals surface area contributed by atoms with Crippen LogP contribution >= 0.6 is 0 Å². The fourth-order valence-corrected chi connectivity index (χ4v) is 3.83. The second-order valence-electron chi connectivity index (χ2n) is 7.09. The van der Waals surface area contributed by atoms with E-state index in [-0.39, 0.29) is 5.52 Å². The summed E-state index contributed by atoms with van der Waals surface area (Å²) < 4.78 is 9.99. The lowest BCUT2D eigenvalue weighted by atomic mass is 10.2. The van der Waals surface area contributed by atoms with Crippen LogP contribution in [0.3, 0.4) is 0 Å². The molecule has 1 saturated heterocycles. The predicted octanol–water partition coefficient (Wildman–Crippen LogP) is 0.425. The summed E-state index contributed by atoms with van der Waals surface area (Å²) in [5.41, 5.74) is 1.99. The molecule has 9 nitrogen and oxygen atoms in total. The first-order valence-electron chi connectivity index (χ1n) is 9.21. The zero-order valence-electron chi connectivity index (χ0n) is 15.8. The Morgan fingerprint density at radius 2 is 1.71 bits per heavy atom. The van der Waals surface area contributed by atoms with Gasteiger partial charge in [-0.2, -0.15) is 0 Å². The number of hydrogen-bond acceptors (Lipinski definition) is 6. The van der Waals surface area contributed by atoms with E-state index in [1.54, 1.807) is 7.05 Å². The molecule has 0 atom stereocenters. The maximum Gasteiger partial charge on any atom is 0.332 e. The van der Waals surface area contributed by atoms with Crippen LogP contribution in [0.2, 0.25) is 0 Å². The molecule has 1 fully saturated rings. The van der Waals surface area contributed by atoms with Crippen LogP contribution in [0.1, 0.15) is 0 Å². The molecule has 1 aromatic carbocycles. The molecule has 0 bridgehead atoms. The van der Waals surface area contributed by atoms with Gasteiger partial charge < -0.3 is 9.30 Å². The SMILES string of the molecule is Cn1c(=O)c2nc3c4ccccc4n(CN4CCOCC4)c3nc2n(C)c1=O.